The molecule has 0 aromatic carbocycles. The summed E-state index contributed by atoms with van der Waals surface area (Å²) in [6.45, 7) is 8.39. The fourth-order valence-electron chi connectivity index (χ4n) is 1.67. The second-order valence-electron chi connectivity index (χ2n) is 4.47. The zero-order valence-corrected chi connectivity index (χ0v) is 10.8. The molecule has 2 aromatic heterocycles. The molecule has 0 bridgehead atoms. The van der Waals surface area contributed by atoms with Crippen molar-refractivity contribution < 1.29 is 0 Å². The monoisotopic (exact) mass is 236 g/mol. The van der Waals surface area contributed by atoms with Crippen LogP contribution in [-0.4, -0.2) is 19.1 Å². The molecule has 0 aliphatic rings. The Morgan fingerprint density at radius 1 is 1.00 bits per heavy atom. The maximum Gasteiger partial charge on any atom is 0.164 e. The summed E-state index contributed by atoms with van der Waals surface area (Å²) in [5.41, 5.74) is 1.69. The van der Waals surface area contributed by atoms with Gasteiger partial charge in [-0.25, -0.2) is 9.97 Å². The molecule has 16 heavy (non-hydrogen) atoms. The summed E-state index contributed by atoms with van der Waals surface area (Å²) >= 11 is 5.42. The van der Waals surface area contributed by atoms with E-state index in [0.717, 1.165) is 15.8 Å². The Labute approximate surface area is 99.9 Å². The smallest absolute Gasteiger partial charge is 0.164 e. The molecule has 0 saturated carbocycles. The van der Waals surface area contributed by atoms with E-state index in [4.69, 9.17) is 12.2 Å². The van der Waals surface area contributed by atoms with E-state index < -0.39 is 0 Å². The molecule has 0 saturated heterocycles. The van der Waals surface area contributed by atoms with Crippen LogP contribution >= 0.6 is 12.2 Å². The van der Waals surface area contributed by atoms with Gasteiger partial charge in [-0.05, 0) is 27.7 Å². The van der Waals surface area contributed by atoms with Crippen LogP contribution in [-0.2, 0) is 0 Å². The van der Waals surface area contributed by atoms with Crippen LogP contribution in [0.15, 0.2) is 12.7 Å². The molecule has 5 heteroatoms. The first-order chi connectivity index (χ1) is 7.52. The molecule has 0 fully saturated rings. The Hall–Kier alpha value is -1.23. The Kier molecular flexibility index (Phi) is 2.80. The van der Waals surface area contributed by atoms with Gasteiger partial charge in [0.05, 0.1) is 12.7 Å². The first-order valence-corrected chi connectivity index (χ1v) is 5.87. The topological polar surface area (TPSA) is 35.6 Å². The maximum absolute atomic E-state index is 5.42. The third-order valence-corrected chi connectivity index (χ3v) is 3.03. The quantitative estimate of drug-likeness (QED) is 0.751. The van der Waals surface area contributed by atoms with Gasteiger partial charge in [0, 0.05) is 12.1 Å². The third kappa shape index (κ3) is 1.65. The van der Waals surface area contributed by atoms with E-state index in [0.29, 0.717) is 12.1 Å². The van der Waals surface area contributed by atoms with Crippen LogP contribution in [0.2, 0.25) is 0 Å². The third-order valence-electron chi connectivity index (χ3n) is 2.62. The number of fused-ring (bicyclic) bond motifs is 1. The lowest BCUT2D eigenvalue weighted by Crippen LogP contribution is -2.06. The highest BCUT2D eigenvalue weighted by molar-refractivity contribution is 7.71. The minimum absolute atomic E-state index is 0.314. The summed E-state index contributed by atoms with van der Waals surface area (Å²) < 4.78 is 4.77. The van der Waals surface area contributed by atoms with Gasteiger partial charge in [0.1, 0.15) is 10.2 Å². The summed E-state index contributed by atoms with van der Waals surface area (Å²) in [5.74, 6) is 0. The summed E-state index contributed by atoms with van der Waals surface area (Å²) in [4.78, 5) is 8.80. The number of aromatic nitrogens is 4. The molecule has 2 rings (SSSR count). The predicted molar refractivity (Wildman–Crippen MR) is 67.1 cm³/mol. The molecule has 2 aromatic rings. The first-order valence-electron chi connectivity index (χ1n) is 5.46. The SMILES string of the molecule is CC(C)n1cnc2c(ncn2C(C)C)c1=S. The molecule has 0 radical (unpaired) electrons. The fraction of sp³-hybridized carbons (Fsp3) is 0.545. The number of hydrogen-bond acceptors (Lipinski definition) is 3. The van der Waals surface area contributed by atoms with Gasteiger partial charge in [0.25, 0.3) is 0 Å². The fourth-order valence-corrected chi connectivity index (χ4v) is 2.07. The van der Waals surface area contributed by atoms with Crippen LogP contribution in [0.1, 0.15) is 39.8 Å². The van der Waals surface area contributed by atoms with Gasteiger partial charge in [-0.15, -0.1) is 0 Å². The average Bonchev–Trinajstić information content (AvgIpc) is 2.61. The van der Waals surface area contributed by atoms with Gasteiger partial charge in [-0.1, -0.05) is 12.2 Å². The Morgan fingerprint density at radius 3 is 2.12 bits per heavy atom. The first kappa shape index (κ1) is 11.3. The van der Waals surface area contributed by atoms with E-state index >= 15 is 0 Å². The number of rotatable bonds is 2. The highest BCUT2D eigenvalue weighted by Gasteiger charge is 2.10. The maximum atomic E-state index is 5.42. The molecule has 0 N–H and O–H groups in total. The lowest BCUT2D eigenvalue weighted by atomic mass is 10.3. The molecule has 0 unspecified atom stereocenters. The lowest BCUT2D eigenvalue weighted by Gasteiger charge is -2.11. The molecular formula is C11H16N4S. The van der Waals surface area contributed by atoms with E-state index in [9.17, 15) is 0 Å². The predicted octanol–water partition coefficient (Wildman–Crippen LogP) is 3.12. The molecule has 0 aliphatic carbocycles. The normalized spacial score (nSPS) is 11.9. The number of imidazole rings is 1. The van der Waals surface area contributed by atoms with E-state index in [1.54, 1.807) is 6.33 Å². The summed E-state index contributed by atoms with van der Waals surface area (Å²) in [6.07, 6.45) is 3.61. The minimum Gasteiger partial charge on any atom is -0.319 e. The van der Waals surface area contributed by atoms with Gasteiger partial charge in [-0.3, -0.25) is 0 Å². The van der Waals surface area contributed by atoms with Gasteiger partial charge < -0.3 is 9.13 Å². The van der Waals surface area contributed by atoms with Crippen molar-refractivity contribution in [3.05, 3.63) is 17.3 Å². The van der Waals surface area contributed by atoms with Crippen molar-refractivity contribution in [1.29, 1.82) is 0 Å². The lowest BCUT2D eigenvalue weighted by molar-refractivity contribution is 0.578. The van der Waals surface area contributed by atoms with Gasteiger partial charge in [0.15, 0.2) is 5.65 Å². The molecule has 0 amide bonds. The van der Waals surface area contributed by atoms with Crippen molar-refractivity contribution in [2.24, 2.45) is 0 Å². The zero-order valence-electron chi connectivity index (χ0n) is 10.0. The molecule has 0 aliphatic heterocycles. The van der Waals surface area contributed by atoms with E-state index in [1.165, 1.54) is 0 Å². The van der Waals surface area contributed by atoms with Crippen molar-refractivity contribution in [3.63, 3.8) is 0 Å². The van der Waals surface area contributed by atoms with Gasteiger partial charge in [-0.2, -0.15) is 0 Å². The van der Waals surface area contributed by atoms with Crippen LogP contribution < -0.4 is 0 Å². The second-order valence-corrected chi connectivity index (χ2v) is 4.86. The van der Waals surface area contributed by atoms with E-state index in [1.807, 2.05) is 15.5 Å². The number of nitrogens with zero attached hydrogens (tertiary/aromatic N) is 4. The Morgan fingerprint density at radius 2 is 1.56 bits per heavy atom. The standard InChI is InChI=1S/C11H16N4S/c1-7(2)14-5-12-9-10(14)13-6-15(8(3)4)11(9)16/h5-8H,1-4H3. The average molecular weight is 236 g/mol. The highest BCUT2D eigenvalue weighted by atomic mass is 32.1. The van der Waals surface area contributed by atoms with Crippen LogP contribution in [0.5, 0.6) is 0 Å². The van der Waals surface area contributed by atoms with Crippen molar-refractivity contribution in [2.75, 3.05) is 0 Å². The van der Waals surface area contributed by atoms with Crippen molar-refractivity contribution in [2.45, 2.75) is 39.8 Å². The molecule has 86 valence electrons. The van der Waals surface area contributed by atoms with Crippen molar-refractivity contribution in [3.8, 4) is 0 Å². The van der Waals surface area contributed by atoms with E-state index in [-0.39, 0.29) is 0 Å². The van der Waals surface area contributed by atoms with Gasteiger partial charge in [0.2, 0.25) is 0 Å². The van der Waals surface area contributed by atoms with Crippen molar-refractivity contribution in [1.82, 2.24) is 19.1 Å². The molecule has 0 spiro atoms. The Balaban J connectivity index is 2.74. The minimum atomic E-state index is 0.314. The van der Waals surface area contributed by atoms with Crippen LogP contribution in [0.3, 0.4) is 0 Å². The van der Waals surface area contributed by atoms with Crippen molar-refractivity contribution >= 4 is 23.4 Å². The molecule has 2 heterocycles. The van der Waals surface area contributed by atoms with Gasteiger partial charge >= 0.3 is 0 Å². The second kappa shape index (κ2) is 3.97. The highest BCUT2D eigenvalue weighted by Crippen LogP contribution is 2.17. The summed E-state index contributed by atoms with van der Waals surface area (Å²) in [5, 5.41) is 0. The zero-order chi connectivity index (χ0) is 11.9. The van der Waals surface area contributed by atoms with E-state index in [2.05, 4.69) is 37.7 Å². The largest absolute Gasteiger partial charge is 0.319 e. The summed E-state index contributed by atoms with van der Waals surface area (Å²) in [6, 6.07) is 0.662. The van der Waals surface area contributed by atoms with Crippen LogP contribution in [0.4, 0.5) is 0 Å². The Bertz CT molecular complexity index is 565. The van der Waals surface area contributed by atoms with Crippen LogP contribution in [0, 0.1) is 4.64 Å². The number of hydrogen-bond donors (Lipinski definition) is 0. The summed E-state index contributed by atoms with van der Waals surface area (Å²) in [7, 11) is 0. The molecule has 4 nitrogen and oxygen atoms in total. The molecular weight excluding hydrogens is 220 g/mol. The van der Waals surface area contributed by atoms with Crippen LogP contribution in [0.25, 0.3) is 11.2 Å². The molecule has 0 atom stereocenters.